The molecule has 0 spiro atoms. The molecule has 39 heavy (non-hydrogen) atoms. The Balaban J connectivity index is 1.03. The van der Waals surface area contributed by atoms with E-state index in [2.05, 4.69) is 0 Å². The summed E-state index contributed by atoms with van der Waals surface area (Å²) in [5.74, 6) is 1.20. The van der Waals surface area contributed by atoms with Crippen LogP contribution in [0.5, 0.6) is 11.5 Å². The standard InChI is InChI=1S/C33H28O6/c34-32(26-5-1-22(2-6-26)24-9-13-28(14-10-24)36-18-30-20-38-30)17-33(35)27-7-3-23(4-8-27)25-11-15-29(16-12-25)37-19-31-21-39-31/h1-16,30-31H,17-21H2. The smallest absolute Gasteiger partial charge is 0.170 e. The first-order chi connectivity index (χ1) is 19.1. The summed E-state index contributed by atoms with van der Waals surface area (Å²) >= 11 is 0. The number of benzene rings is 4. The molecule has 0 bridgehead atoms. The predicted octanol–water partition coefficient (Wildman–Crippen LogP) is 6.03. The van der Waals surface area contributed by atoms with Crippen molar-refractivity contribution in [2.24, 2.45) is 0 Å². The zero-order valence-electron chi connectivity index (χ0n) is 21.4. The van der Waals surface area contributed by atoms with Crippen molar-refractivity contribution in [2.75, 3.05) is 26.4 Å². The molecule has 6 heteroatoms. The number of carbonyl (C=O) groups excluding carboxylic acids is 2. The average molecular weight is 521 g/mol. The predicted molar refractivity (Wildman–Crippen MR) is 148 cm³/mol. The first-order valence-electron chi connectivity index (χ1n) is 13.1. The number of Topliss-reactive ketones (excluding diaryl/α,β-unsaturated/α-hetero) is 2. The highest BCUT2D eigenvalue weighted by Gasteiger charge is 2.23. The molecule has 0 radical (unpaired) electrons. The minimum Gasteiger partial charge on any atom is -0.491 e. The Morgan fingerprint density at radius 3 is 1.15 bits per heavy atom. The summed E-state index contributed by atoms with van der Waals surface area (Å²) in [5, 5.41) is 0. The van der Waals surface area contributed by atoms with Gasteiger partial charge >= 0.3 is 0 Å². The van der Waals surface area contributed by atoms with Crippen LogP contribution < -0.4 is 9.47 Å². The molecule has 0 aromatic heterocycles. The molecule has 4 aromatic carbocycles. The summed E-state index contributed by atoms with van der Waals surface area (Å²) in [4.78, 5) is 25.6. The molecule has 2 saturated heterocycles. The third-order valence-electron chi connectivity index (χ3n) is 6.79. The summed E-state index contributed by atoms with van der Waals surface area (Å²) in [5.41, 5.74) is 5.06. The molecule has 2 unspecified atom stereocenters. The van der Waals surface area contributed by atoms with Crippen molar-refractivity contribution in [1.29, 1.82) is 0 Å². The topological polar surface area (TPSA) is 77.7 Å². The number of rotatable bonds is 12. The maximum atomic E-state index is 12.8. The van der Waals surface area contributed by atoms with Gasteiger partial charge in [0.25, 0.3) is 0 Å². The third-order valence-corrected chi connectivity index (χ3v) is 6.79. The lowest BCUT2D eigenvalue weighted by atomic mass is 9.97. The maximum Gasteiger partial charge on any atom is 0.170 e. The van der Waals surface area contributed by atoms with Gasteiger partial charge in [0.15, 0.2) is 11.6 Å². The number of hydrogen-bond acceptors (Lipinski definition) is 6. The molecule has 0 amide bonds. The number of ether oxygens (including phenoxy) is 4. The molecule has 2 fully saturated rings. The average Bonchev–Trinajstić information content (AvgIpc) is 3.92. The first kappa shape index (κ1) is 25.0. The summed E-state index contributed by atoms with van der Waals surface area (Å²) < 4.78 is 21.7. The molecule has 6 rings (SSSR count). The zero-order valence-corrected chi connectivity index (χ0v) is 21.4. The van der Waals surface area contributed by atoms with Gasteiger partial charge in [-0.2, -0.15) is 0 Å². The molecule has 0 aliphatic carbocycles. The van der Waals surface area contributed by atoms with E-state index in [9.17, 15) is 9.59 Å². The largest absolute Gasteiger partial charge is 0.491 e. The van der Waals surface area contributed by atoms with Crippen molar-refractivity contribution < 1.29 is 28.5 Å². The minimum absolute atomic E-state index is 0.174. The van der Waals surface area contributed by atoms with E-state index in [1.807, 2.05) is 72.8 Å². The van der Waals surface area contributed by atoms with Crippen molar-refractivity contribution in [1.82, 2.24) is 0 Å². The highest BCUT2D eigenvalue weighted by Crippen LogP contribution is 2.26. The molecule has 2 aliphatic rings. The van der Waals surface area contributed by atoms with Gasteiger partial charge in [0.05, 0.1) is 19.6 Å². The van der Waals surface area contributed by atoms with Crippen molar-refractivity contribution in [3.8, 4) is 33.8 Å². The molecular weight excluding hydrogens is 492 g/mol. The molecule has 2 aliphatic heterocycles. The highest BCUT2D eigenvalue weighted by molar-refractivity contribution is 6.13. The Labute approximate surface area is 227 Å². The van der Waals surface area contributed by atoms with Crippen molar-refractivity contribution >= 4 is 11.6 Å². The van der Waals surface area contributed by atoms with E-state index in [4.69, 9.17) is 18.9 Å². The van der Waals surface area contributed by atoms with Crippen LogP contribution in [0.25, 0.3) is 22.3 Å². The van der Waals surface area contributed by atoms with Crippen LogP contribution in [0.4, 0.5) is 0 Å². The monoisotopic (exact) mass is 520 g/mol. The molecular formula is C33H28O6. The van der Waals surface area contributed by atoms with Crippen LogP contribution in [0.1, 0.15) is 27.1 Å². The molecule has 4 aromatic rings. The molecule has 2 heterocycles. The van der Waals surface area contributed by atoms with E-state index in [0.717, 1.165) is 47.0 Å². The fourth-order valence-electron chi connectivity index (χ4n) is 4.24. The van der Waals surface area contributed by atoms with Crippen molar-refractivity contribution in [3.63, 3.8) is 0 Å². The maximum absolute atomic E-state index is 12.8. The van der Waals surface area contributed by atoms with Gasteiger partial charge in [-0.05, 0) is 46.5 Å². The van der Waals surface area contributed by atoms with Gasteiger partial charge in [-0.1, -0.05) is 72.8 Å². The van der Waals surface area contributed by atoms with E-state index in [1.54, 1.807) is 24.3 Å². The van der Waals surface area contributed by atoms with E-state index in [0.29, 0.717) is 24.3 Å². The Bertz CT molecular complexity index is 1320. The van der Waals surface area contributed by atoms with Crippen LogP contribution >= 0.6 is 0 Å². The van der Waals surface area contributed by atoms with Crippen LogP contribution in [0.15, 0.2) is 97.1 Å². The van der Waals surface area contributed by atoms with Gasteiger partial charge in [0.1, 0.15) is 36.9 Å². The number of hydrogen-bond donors (Lipinski definition) is 0. The van der Waals surface area contributed by atoms with Gasteiger partial charge in [-0.25, -0.2) is 0 Å². The number of epoxide rings is 2. The van der Waals surface area contributed by atoms with Crippen molar-refractivity contribution in [2.45, 2.75) is 18.6 Å². The lowest BCUT2D eigenvalue weighted by Crippen LogP contribution is -2.08. The summed E-state index contributed by atoms with van der Waals surface area (Å²) in [6, 6.07) is 30.3. The zero-order chi connectivity index (χ0) is 26.6. The van der Waals surface area contributed by atoms with Crippen LogP contribution in [0.3, 0.4) is 0 Å². The Hall–Kier alpha value is -4.26. The van der Waals surface area contributed by atoms with Gasteiger partial charge < -0.3 is 18.9 Å². The van der Waals surface area contributed by atoms with Crippen LogP contribution in [0, 0.1) is 0 Å². The van der Waals surface area contributed by atoms with Gasteiger partial charge in [-0.15, -0.1) is 0 Å². The van der Waals surface area contributed by atoms with Crippen LogP contribution in [0.2, 0.25) is 0 Å². The fraction of sp³-hybridized carbons (Fsp3) is 0.212. The van der Waals surface area contributed by atoms with Gasteiger partial charge in [-0.3, -0.25) is 9.59 Å². The molecule has 2 atom stereocenters. The van der Waals surface area contributed by atoms with Gasteiger partial charge in [0, 0.05) is 11.1 Å². The fourth-order valence-corrected chi connectivity index (χ4v) is 4.24. The second kappa shape index (κ2) is 11.2. The number of ketones is 2. The van der Waals surface area contributed by atoms with Crippen molar-refractivity contribution in [3.05, 3.63) is 108 Å². The molecule has 6 nitrogen and oxygen atoms in total. The van der Waals surface area contributed by atoms with Crippen LogP contribution in [-0.2, 0) is 9.47 Å². The quantitative estimate of drug-likeness (QED) is 0.129. The Morgan fingerprint density at radius 1 is 0.538 bits per heavy atom. The van der Waals surface area contributed by atoms with E-state index < -0.39 is 0 Å². The SMILES string of the molecule is O=C(CC(=O)c1ccc(-c2ccc(OCC3CO3)cc2)cc1)c1ccc(-c2ccc(OCC3CO3)cc2)cc1. The Morgan fingerprint density at radius 2 is 0.846 bits per heavy atom. The normalized spacial score (nSPS) is 17.3. The minimum atomic E-state index is -0.200. The summed E-state index contributed by atoms with van der Waals surface area (Å²) in [7, 11) is 0. The Kier molecular flexibility index (Phi) is 7.21. The lowest BCUT2D eigenvalue weighted by molar-refractivity contribution is 0.0894. The second-order valence-corrected chi connectivity index (χ2v) is 9.76. The van der Waals surface area contributed by atoms with E-state index >= 15 is 0 Å². The first-order valence-corrected chi connectivity index (χ1v) is 13.1. The van der Waals surface area contributed by atoms with Gasteiger partial charge in [0.2, 0.25) is 0 Å². The second-order valence-electron chi connectivity index (χ2n) is 9.76. The summed E-state index contributed by atoms with van der Waals surface area (Å²) in [6.45, 7) is 2.67. The third kappa shape index (κ3) is 6.60. The van der Waals surface area contributed by atoms with E-state index in [-0.39, 0.29) is 30.2 Å². The molecule has 196 valence electrons. The van der Waals surface area contributed by atoms with Crippen LogP contribution in [-0.4, -0.2) is 50.2 Å². The number of carbonyl (C=O) groups is 2. The molecule has 0 N–H and O–H groups in total. The lowest BCUT2D eigenvalue weighted by Gasteiger charge is -2.08. The summed E-state index contributed by atoms with van der Waals surface area (Å²) in [6.07, 6.45) is 0.266. The van der Waals surface area contributed by atoms with E-state index in [1.165, 1.54) is 0 Å². The highest BCUT2D eigenvalue weighted by atomic mass is 16.6. The molecule has 0 saturated carbocycles.